The molecule has 3 rings (SSSR count). The van der Waals surface area contributed by atoms with Crippen molar-refractivity contribution < 1.29 is 9.84 Å². The normalized spacial score (nSPS) is 11.7. The van der Waals surface area contributed by atoms with Crippen molar-refractivity contribution in [3.05, 3.63) is 42.2 Å². The Morgan fingerprint density at radius 1 is 1.32 bits per heavy atom. The third-order valence-corrected chi connectivity index (χ3v) is 3.81. The Balaban J connectivity index is 1.99. The summed E-state index contributed by atoms with van der Waals surface area (Å²) in [6, 6.07) is 5.53. The lowest BCUT2D eigenvalue weighted by atomic mass is 10.1. The number of aliphatic hydroxyl groups is 1. The van der Waals surface area contributed by atoms with Gasteiger partial charge in [0.15, 0.2) is 0 Å². The van der Waals surface area contributed by atoms with Gasteiger partial charge in [-0.2, -0.15) is 5.10 Å². The van der Waals surface area contributed by atoms with Crippen LogP contribution in [0.5, 0.6) is 0 Å². The zero-order valence-corrected chi connectivity index (χ0v) is 13.6. The first-order valence-electron chi connectivity index (χ1n) is 7.86. The molecule has 25 heavy (non-hydrogen) atoms. The largest absolute Gasteiger partial charge is 0.405 e. The topological polar surface area (TPSA) is 136 Å². The number of aromatic nitrogens is 3. The van der Waals surface area contributed by atoms with E-state index in [1.165, 1.54) is 12.3 Å². The van der Waals surface area contributed by atoms with Crippen LogP contribution in [0.25, 0.3) is 21.8 Å². The second kappa shape index (κ2) is 7.29. The minimum Gasteiger partial charge on any atom is -0.405 e. The van der Waals surface area contributed by atoms with Crippen LogP contribution >= 0.6 is 0 Å². The van der Waals surface area contributed by atoms with Crippen molar-refractivity contribution in [1.82, 2.24) is 14.8 Å². The minimum atomic E-state index is -0.000722. The molecule has 3 aromatic rings. The zero-order valence-electron chi connectivity index (χ0n) is 13.6. The van der Waals surface area contributed by atoms with Crippen molar-refractivity contribution in [2.75, 3.05) is 25.6 Å². The van der Waals surface area contributed by atoms with Crippen LogP contribution in [0.15, 0.2) is 36.7 Å². The molecule has 2 heterocycles. The van der Waals surface area contributed by atoms with E-state index in [0.717, 1.165) is 16.3 Å². The third-order valence-electron chi connectivity index (χ3n) is 3.81. The van der Waals surface area contributed by atoms with E-state index in [2.05, 4.69) is 10.1 Å². The number of benzene rings is 1. The standard InChI is InChI=1S/C17H20N6O2/c18-4-3-14(19)11-1-2-12-15(9-11)21-17(20)13-10-23(22-16(12)13)5-7-25-8-6-24/h1-4,9-10,19,24H,5-8,18H2,(H2,20,21)/b4-3-,19-14?. The molecule has 0 bridgehead atoms. The molecule has 0 aliphatic heterocycles. The van der Waals surface area contributed by atoms with Crippen molar-refractivity contribution in [1.29, 1.82) is 5.41 Å². The minimum absolute atomic E-state index is 0.000722. The van der Waals surface area contributed by atoms with E-state index in [9.17, 15) is 0 Å². The highest BCUT2D eigenvalue weighted by Gasteiger charge is 2.12. The quantitative estimate of drug-likeness (QED) is 0.374. The number of fused-ring (bicyclic) bond motifs is 3. The van der Waals surface area contributed by atoms with Gasteiger partial charge in [-0.15, -0.1) is 0 Å². The van der Waals surface area contributed by atoms with Crippen molar-refractivity contribution in [3.8, 4) is 0 Å². The number of anilines is 1. The number of pyridine rings is 1. The van der Waals surface area contributed by atoms with Gasteiger partial charge < -0.3 is 26.7 Å². The van der Waals surface area contributed by atoms with Crippen LogP contribution in [0, 0.1) is 5.41 Å². The van der Waals surface area contributed by atoms with Gasteiger partial charge in [-0.1, -0.05) is 6.07 Å². The fourth-order valence-electron chi connectivity index (χ4n) is 2.62. The van der Waals surface area contributed by atoms with Crippen LogP contribution in [0.3, 0.4) is 0 Å². The summed E-state index contributed by atoms with van der Waals surface area (Å²) in [5.74, 6) is 0.392. The van der Waals surface area contributed by atoms with Crippen LogP contribution < -0.4 is 11.5 Å². The molecule has 0 saturated carbocycles. The first-order chi connectivity index (χ1) is 12.1. The molecule has 0 fully saturated rings. The number of allylic oxidation sites excluding steroid dienone is 1. The number of nitrogens with two attached hydrogens (primary N) is 2. The second-order valence-electron chi connectivity index (χ2n) is 5.49. The Kier molecular flexibility index (Phi) is 4.92. The van der Waals surface area contributed by atoms with Gasteiger partial charge in [0, 0.05) is 17.1 Å². The molecule has 2 aromatic heterocycles. The first-order valence-corrected chi connectivity index (χ1v) is 7.86. The molecule has 0 saturated heterocycles. The summed E-state index contributed by atoms with van der Waals surface area (Å²) in [6.07, 6.45) is 4.69. The fraction of sp³-hybridized carbons (Fsp3) is 0.235. The molecule has 0 aliphatic rings. The molecule has 1 aromatic carbocycles. The van der Waals surface area contributed by atoms with Gasteiger partial charge >= 0.3 is 0 Å². The van der Waals surface area contributed by atoms with Crippen molar-refractivity contribution in [2.45, 2.75) is 6.54 Å². The lowest BCUT2D eigenvalue weighted by molar-refractivity contribution is 0.0855. The number of hydrogen-bond donors (Lipinski definition) is 4. The van der Waals surface area contributed by atoms with Gasteiger partial charge in [0.1, 0.15) is 11.3 Å². The number of nitrogens with one attached hydrogen (secondary N) is 1. The van der Waals surface area contributed by atoms with Crippen molar-refractivity contribution >= 4 is 33.3 Å². The van der Waals surface area contributed by atoms with Crippen LogP contribution in [0.1, 0.15) is 5.56 Å². The molecule has 0 aliphatic carbocycles. The Morgan fingerprint density at radius 2 is 2.16 bits per heavy atom. The Labute approximate surface area is 144 Å². The second-order valence-corrected chi connectivity index (χ2v) is 5.49. The predicted molar refractivity (Wildman–Crippen MR) is 97.5 cm³/mol. The molecular formula is C17H20N6O2. The number of ether oxygens (including phenoxy) is 1. The van der Waals surface area contributed by atoms with Crippen LogP contribution in [0.2, 0.25) is 0 Å². The van der Waals surface area contributed by atoms with Gasteiger partial charge in [-0.05, 0) is 24.4 Å². The molecule has 6 N–H and O–H groups in total. The molecule has 0 amide bonds. The Hall–Kier alpha value is -2.97. The first kappa shape index (κ1) is 16.9. The van der Waals surface area contributed by atoms with Crippen molar-refractivity contribution in [3.63, 3.8) is 0 Å². The van der Waals surface area contributed by atoms with Gasteiger partial charge in [-0.3, -0.25) is 4.68 Å². The average Bonchev–Trinajstić information content (AvgIpc) is 3.03. The van der Waals surface area contributed by atoms with Gasteiger partial charge in [0.2, 0.25) is 0 Å². The highest BCUT2D eigenvalue weighted by Crippen LogP contribution is 2.27. The number of aliphatic hydroxyl groups excluding tert-OH is 1. The van der Waals surface area contributed by atoms with Gasteiger partial charge in [0.25, 0.3) is 0 Å². The van der Waals surface area contributed by atoms with E-state index < -0.39 is 0 Å². The molecular weight excluding hydrogens is 320 g/mol. The molecule has 0 atom stereocenters. The third kappa shape index (κ3) is 3.44. The number of hydrogen-bond acceptors (Lipinski definition) is 7. The number of nitrogens with zero attached hydrogens (tertiary/aromatic N) is 3. The highest BCUT2D eigenvalue weighted by atomic mass is 16.5. The van der Waals surface area contributed by atoms with Crippen molar-refractivity contribution in [2.24, 2.45) is 5.73 Å². The summed E-state index contributed by atoms with van der Waals surface area (Å²) in [5, 5.41) is 22.9. The zero-order chi connectivity index (χ0) is 17.8. The maximum absolute atomic E-state index is 8.73. The van der Waals surface area contributed by atoms with E-state index in [-0.39, 0.29) is 6.61 Å². The fourth-order valence-corrected chi connectivity index (χ4v) is 2.62. The van der Waals surface area contributed by atoms with Crippen LogP contribution in [0.4, 0.5) is 5.82 Å². The monoisotopic (exact) mass is 340 g/mol. The molecule has 8 heteroatoms. The smallest absolute Gasteiger partial charge is 0.135 e. The Morgan fingerprint density at radius 3 is 2.92 bits per heavy atom. The lowest BCUT2D eigenvalue weighted by Gasteiger charge is -2.04. The summed E-state index contributed by atoms with van der Waals surface area (Å²) in [4.78, 5) is 4.44. The van der Waals surface area contributed by atoms with Crippen LogP contribution in [-0.4, -0.2) is 45.4 Å². The molecule has 0 unspecified atom stereocenters. The highest BCUT2D eigenvalue weighted by molar-refractivity contribution is 6.12. The van der Waals surface area contributed by atoms with E-state index in [1.54, 1.807) is 10.7 Å². The Bertz CT molecular complexity index is 947. The molecule has 8 nitrogen and oxygen atoms in total. The van der Waals surface area contributed by atoms with Gasteiger partial charge in [-0.25, -0.2) is 4.98 Å². The van der Waals surface area contributed by atoms with E-state index >= 15 is 0 Å². The number of nitrogen functional groups attached to an aromatic ring is 1. The summed E-state index contributed by atoms with van der Waals surface area (Å²) in [7, 11) is 0. The predicted octanol–water partition coefficient (Wildman–Crippen LogP) is 1.02. The summed E-state index contributed by atoms with van der Waals surface area (Å²) >= 11 is 0. The summed E-state index contributed by atoms with van der Waals surface area (Å²) in [6.45, 7) is 1.31. The van der Waals surface area contributed by atoms with Crippen LogP contribution in [-0.2, 0) is 11.3 Å². The average molecular weight is 340 g/mol. The summed E-state index contributed by atoms with van der Waals surface area (Å²) < 4.78 is 7.02. The van der Waals surface area contributed by atoms with E-state index in [0.29, 0.717) is 42.4 Å². The molecule has 0 spiro atoms. The summed E-state index contributed by atoms with van der Waals surface area (Å²) in [5.41, 5.74) is 13.9. The van der Waals surface area contributed by atoms with Gasteiger partial charge in [0.05, 0.1) is 43.0 Å². The van der Waals surface area contributed by atoms with E-state index in [4.69, 9.17) is 26.7 Å². The SMILES string of the molecule is N=C(/C=C\N)c1ccc2c(c1)nc(N)c1cn(CCOCCO)nc12. The molecule has 130 valence electrons. The lowest BCUT2D eigenvalue weighted by Crippen LogP contribution is -2.08. The maximum atomic E-state index is 8.73. The maximum Gasteiger partial charge on any atom is 0.135 e. The van der Waals surface area contributed by atoms with E-state index in [1.807, 2.05) is 18.3 Å². The molecule has 0 radical (unpaired) electrons. The number of rotatable bonds is 7.